The van der Waals surface area contributed by atoms with Gasteiger partial charge in [0.2, 0.25) is 12.7 Å². The summed E-state index contributed by atoms with van der Waals surface area (Å²) in [6, 6.07) is 0. The van der Waals surface area contributed by atoms with Gasteiger partial charge in [-0.25, -0.2) is 8.78 Å². The first-order valence-electron chi connectivity index (χ1n) is 2.26. The second-order valence-corrected chi connectivity index (χ2v) is 1.88. The van der Waals surface area contributed by atoms with Gasteiger partial charge in [-0.05, 0) is 0 Å². The minimum atomic E-state index is -1.76. The molecule has 0 rings (SSSR count). The Bertz CT molecular complexity index is 65.6. The van der Waals surface area contributed by atoms with Gasteiger partial charge in [-0.3, -0.25) is 0 Å². The third-order valence-corrected chi connectivity index (χ3v) is 1.02. The highest BCUT2D eigenvalue weighted by Gasteiger charge is 2.11. The van der Waals surface area contributed by atoms with Crippen LogP contribution in [0.5, 0.6) is 0 Å². The van der Waals surface area contributed by atoms with Crippen molar-refractivity contribution in [3.05, 3.63) is 0 Å². The van der Waals surface area contributed by atoms with Crippen molar-refractivity contribution in [2.45, 2.75) is 12.7 Å². The first kappa shape index (κ1) is 9.40. The lowest BCUT2D eigenvalue weighted by Gasteiger charge is -2.07. The van der Waals surface area contributed by atoms with E-state index in [2.05, 4.69) is 4.74 Å². The fourth-order valence-corrected chi connectivity index (χ4v) is 0.378. The summed E-state index contributed by atoms with van der Waals surface area (Å²) in [7, 11) is 0. The van der Waals surface area contributed by atoms with E-state index in [1.807, 2.05) is 0 Å². The van der Waals surface area contributed by atoms with Crippen molar-refractivity contribution in [2.24, 2.45) is 0 Å². The van der Waals surface area contributed by atoms with Crippen LogP contribution in [0.1, 0.15) is 0 Å². The molecule has 1 nitrogen and oxygen atoms in total. The Hall–Kier alpha value is 0.400. The zero-order chi connectivity index (χ0) is 7.28. The Morgan fingerprint density at radius 2 is 1.44 bits per heavy atom. The van der Waals surface area contributed by atoms with Crippen LogP contribution < -0.4 is 0 Å². The Kier molecular flexibility index (Phi) is 5.44. The van der Waals surface area contributed by atoms with Crippen molar-refractivity contribution in [2.75, 3.05) is 11.8 Å². The van der Waals surface area contributed by atoms with Crippen LogP contribution in [0.4, 0.5) is 8.78 Å². The molecule has 0 amide bonds. The molecule has 5 heteroatoms. The van der Waals surface area contributed by atoms with Gasteiger partial charge in [-0.1, -0.05) is 0 Å². The fraction of sp³-hybridized carbons (Fsp3) is 1.00. The highest BCUT2D eigenvalue weighted by atomic mass is 35.5. The summed E-state index contributed by atoms with van der Waals surface area (Å²) in [4.78, 5) is 0. The molecule has 0 fully saturated rings. The Balaban J connectivity index is 3.22. The molecule has 0 saturated carbocycles. The minimum absolute atomic E-state index is 0.378. The second kappa shape index (κ2) is 5.21. The number of alkyl halides is 4. The van der Waals surface area contributed by atoms with Gasteiger partial charge in [0.1, 0.15) is 0 Å². The molecule has 2 unspecified atom stereocenters. The van der Waals surface area contributed by atoms with Crippen LogP contribution in [0.2, 0.25) is 0 Å². The lowest BCUT2D eigenvalue weighted by atomic mass is 10.7. The molecule has 0 radical (unpaired) electrons. The smallest absolute Gasteiger partial charge is 0.215 e. The van der Waals surface area contributed by atoms with E-state index < -0.39 is 12.7 Å². The third-order valence-electron chi connectivity index (χ3n) is 0.538. The van der Waals surface area contributed by atoms with Gasteiger partial charge in [0.05, 0.1) is 11.8 Å². The molecule has 0 N–H and O–H groups in total. The predicted octanol–water partition coefficient (Wildman–Crippen LogP) is 2.07. The first-order valence-corrected chi connectivity index (χ1v) is 3.33. The maximum atomic E-state index is 11.9. The molecule has 0 aromatic carbocycles. The Morgan fingerprint density at radius 1 is 1.11 bits per heavy atom. The molecular formula is C4H6Cl2F2O. The van der Waals surface area contributed by atoms with Crippen LogP contribution in [0.15, 0.2) is 0 Å². The molecule has 0 saturated heterocycles. The number of rotatable bonds is 4. The number of halogens is 4. The van der Waals surface area contributed by atoms with Crippen molar-refractivity contribution in [3.8, 4) is 0 Å². The van der Waals surface area contributed by atoms with E-state index in [0.717, 1.165) is 0 Å². The van der Waals surface area contributed by atoms with E-state index >= 15 is 0 Å². The van der Waals surface area contributed by atoms with E-state index in [9.17, 15) is 8.78 Å². The molecule has 0 aliphatic carbocycles. The third kappa shape index (κ3) is 4.88. The van der Waals surface area contributed by atoms with Crippen LogP contribution in [-0.4, -0.2) is 24.5 Å². The normalized spacial score (nSPS) is 17.3. The van der Waals surface area contributed by atoms with Crippen molar-refractivity contribution >= 4 is 23.2 Å². The second-order valence-electron chi connectivity index (χ2n) is 1.26. The monoisotopic (exact) mass is 178 g/mol. The average molecular weight is 179 g/mol. The largest absolute Gasteiger partial charge is 0.311 e. The fourth-order valence-electron chi connectivity index (χ4n) is 0.233. The summed E-state index contributed by atoms with van der Waals surface area (Å²) in [5.74, 6) is -0.755. The molecule has 56 valence electrons. The van der Waals surface area contributed by atoms with Crippen molar-refractivity contribution in [3.63, 3.8) is 0 Å². The Labute approximate surface area is 61.9 Å². The van der Waals surface area contributed by atoms with Gasteiger partial charge in [-0.15, -0.1) is 23.2 Å². The molecule has 0 heterocycles. The number of hydrogen-bond donors (Lipinski definition) is 0. The van der Waals surface area contributed by atoms with E-state index in [0.29, 0.717) is 0 Å². The van der Waals surface area contributed by atoms with Gasteiger partial charge in [0, 0.05) is 0 Å². The standard InChI is InChI=1S/C4H6Cl2F2O/c5-1-3(7)9-4(8)2-6/h3-4H,1-2H2. The van der Waals surface area contributed by atoms with Crippen molar-refractivity contribution in [1.82, 2.24) is 0 Å². The molecule has 0 aromatic heterocycles. The van der Waals surface area contributed by atoms with Gasteiger partial charge >= 0.3 is 0 Å². The highest BCUT2D eigenvalue weighted by Crippen LogP contribution is 2.04. The molecule has 0 aliphatic rings. The van der Waals surface area contributed by atoms with Crippen LogP contribution in [0.3, 0.4) is 0 Å². The van der Waals surface area contributed by atoms with E-state index in [1.165, 1.54) is 0 Å². The maximum absolute atomic E-state index is 11.9. The van der Waals surface area contributed by atoms with Gasteiger partial charge in [-0.2, -0.15) is 0 Å². The SMILES string of the molecule is FC(CCl)OC(F)CCl. The summed E-state index contributed by atoms with van der Waals surface area (Å²) in [5.41, 5.74) is 0. The first-order chi connectivity index (χ1) is 4.20. The molecule has 9 heavy (non-hydrogen) atoms. The van der Waals surface area contributed by atoms with Crippen molar-refractivity contribution < 1.29 is 13.5 Å². The lowest BCUT2D eigenvalue weighted by molar-refractivity contribution is -0.116. The van der Waals surface area contributed by atoms with E-state index in [1.54, 1.807) is 0 Å². The van der Waals surface area contributed by atoms with Crippen LogP contribution in [0.25, 0.3) is 0 Å². The number of hydrogen-bond acceptors (Lipinski definition) is 1. The molecule has 0 bridgehead atoms. The zero-order valence-corrected chi connectivity index (χ0v) is 6.00. The van der Waals surface area contributed by atoms with Crippen LogP contribution in [-0.2, 0) is 4.74 Å². The van der Waals surface area contributed by atoms with E-state index in [4.69, 9.17) is 23.2 Å². The molecule has 0 aromatic rings. The quantitative estimate of drug-likeness (QED) is 0.600. The van der Waals surface area contributed by atoms with Gasteiger partial charge in [0.25, 0.3) is 0 Å². The molecule has 2 atom stereocenters. The topological polar surface area (TPSA) is 9.23 Å². The zero-order valence-electron chi connectivity index (χ0n) is 4.49. The average Bonchev–Trinajstić information content (AvgIpc) is 1.87. The minimum Gasteiger partial charge on any atom is -0.311 e. The summed E-state index contributed by atoms with van der Waals surface area (Å²) in [6.45, 7) is 0. The lowest BCUT2D eigenvalue weighted by Crippen LogP contribution is -2.16. The van der Waals surface area contributed by atoms with Gasteiger partial charge < -0.3 is 4.74 Å². The summed E-state index contributed by atoms with van der Waals surface area (Å²) in [5, 5.41) is 0. The predicted molar refractivity (Wildman–Crippen MR) is 32.3 cm³/mol. The highest BCUT2D eigenvalue weighted by molar-refractivity contribution is 6.18. The summed E-state index contributed by atoms with van der Waals surface area (Å²) in [6.07, 6.45) is -3.53. The van der Waals surface area contributed by atoms with Crippen LogP contribution >= 0.6 is 23.2 Å². The Morgan fingerprint density at radius 3 is 1.67 bits per heavy atom. The number of ether oxygens (including phenoxy) is 1. The van der Waals surface area contributed by atoms with Gasteiger partial charge in [0.15, 0.2) is 0 Å². The molecular weight excluding hydrogens is 173 g/mol. The molecule has 0 aliphatic heterocycles. The van der Waals surface area contributed by atoms with Crippen LogP contribution in [0, 0.1) is 0 Å². The summed E-state index contributed by atoms with van der Waals surface area (Å²) >= 11 is 9.89. The molecule has 0 spiro atoms. The van der Waals surface area contributed by atoms with E-state index in [-0.39, 0.29) is 11.8 Å². The van der Waals surface area contributed by atoms with Crippen molar-refractivity contribution in [1.29, 1.82) is 0 Å². The summed E-state index contributed by atoms with van der Waals surface area (Å²) < 4.78 is 27.8. The maximum Gasteiger partial charge on any atom is 0.215 e.